The molecule has 0 unspecified atom stereocenters. The van der Waals surface area contributed by atoms with Gasteiger partial charge in [0, 0.05) is 13.1 Å². The lowest BCUT2D eigenvalue weighted by Gasteiger charge is -2.36. The first kappa shape index (κ1) is 14.0. The van der Waals surface area contributed by atoms with Crippen LogP contribution < -0.4 is 5.32 Å². The molecule has 114 valence electrons. The quantitative estimate of drug-likeness (QED) is 0.739. The Hall–Kier alpha value is -1.92. The second-order valence-corrected chi connectivity index (χ2v) is 6.03. The van der Waals surface area contributed by atoms with E-state index in [1.807, 2.05) is 0 Å². The van der Waals surface area contributed by atoms with Crippen LogP contribution in [0.15, 0.2) is 0 Å². The highest BCUT2D eigenvalue weighted by molar-refractivity contribution is 6.20. The third kappa shape index (κ3) is 2.20. The van der Waals surface area contributed by atoms with Gasteiger partial charge in [0.1, 0.15) is 12.0 Å². The summed E-state index contributed by atoms with van der Waals surface area (Å²) >= 11 is 0. The van der Waals surface area contributed by atoms with Gasteiger partial charge in [-0.2, -0.15) is 0 Å². The van der Waals surface area contributed by atoms with Gasteiger partial charge in [-0.15, -0.1) is 0 Å². The Morgan fingerprint density at radius 2 is 1.67 bits per heavy atom. The van der Waals surface area contributed by atoms with Gasteiger partial charge in [-0.05, 0) is 25.7 Å². The number of likely N-dealkylation sites (tertiary alicyclic amines) is 1. The topological polar surface area (TPSA) is 86.8 Å². The molecule has 2 saturated heterocycles. The Bertz CT molecular complexity index is 504. The lowest BCUT2D eigenvalue weighted by atomic mass is 9.82. The van der Waals surface area contributed by atoms with Crippen LogP contribution in [0.4, 0.5) is 4.79 Å². The summed E-state index contributed by atoms with van der Waals surface area (Å²) in [5.74, 6) is -1.22. The highest BCUT2D eigenvalue weighted by Gasteiger charge is 2.55. The third-order valence-corrected chi connectivity index (χ3v) is 4.76. The first-order chi connectivity index (χ1) is 10.0. The van der Waals surface area contributed by atoms with Gasteiger partial charge in [-0.1, -0.05) is 12.8 Å². The van der Waals surface area contributed by atoms with Crippen LogP contribution in [0.5, 0.6) is 0 Å². The first-order valence-electron chi connectivity index (χ1n) is 7.50. The predicted molar refractivity (Wildman–Crippen MR) is 72.0 cm³/mol. The Morgan fingerprint density at radius 1 is 1.05 bits per heavy atom. The SMILES string of the molecule is O=C(CN1C(=O)NC(=O)C2(CCCC2)C1=O)N1CCCC1. The minimum Gasteiger partial charge on any atom is -0.341 e. The number of hydrogen-bond acceptors (Lipinski definition) is 4. The van der Waals surface area contributed by atoms with Crippen LogP contribution in [0.1, 0.15) is 38.5 Å². The van der Waals surface area contributed by atoms with Gasteiger partial charge in [-0.3, -0.25) is 24.6 Å². The van der Waals surface area contributed by atoms with Gasteiger partial charge in [0.05, 0.1) is 0 Å². The van der Waals surface area contributed by atoms with Gasteiger partial charge in [0.2, 0.25) is 17.7 Å². The zero-order valence-electron chi connectivity index (χ0n) is 11.9. The van der Waals surface area contributed by atoms with Crippen LogP contribution in [0.3, 0.4) is 0 Å². The molecular weight excluding hydrogens is 274 g/mol. The normalized spacial score (nSPS) is 24.9. The second-order valence-electron chi connectivity index (χ2n) is 6.03. The standard InChI is InChI=1S/C14H19N3O4/c18-10(16-7-3-4-8-16)9-17-12(20)14(5-1-2-6-14)11(19)15-13(17)21/h1-9H2,(H,15,19,21). The van der Waals surface area contributed by atoms with E-state index in [0.717, 1.165) is 30.6 Å². The number of hydrogen-bond donors (Lipinski definition) is 1. The minimum atomic E-state index is -1.13. The number of nitrogens with one attached hydrogen (secondary N) is 1. The molecule has 0 aromatic heterocycles. The van der Waals surface area contributed by atoms with E-state index in [2.05, 4.69) is 5.32 Å². The number of barbiturate groups is 1. The molecule has 5 amide bonds. The van der Waals surface area contributed by atoms with E-state index >= 15 is 0 Å². The Labute approximate surface area is 122 Å². The van der Waals surface area contributed by atoms with Gasteiger partial charge in [0.15, 0.2) is 0 Å². The maximum atomic E-state index is 12.6. The van der Waals surface area contributed by atoms with Gasteiger partial charge >= 0.3 is 6.03 Å². The molecule has 1 aliphatic carbocycles. The Balaban J connectivity index is 1.77. The summed E-state index contributed by atoms with van der Waals surface area (Å²) in [6.07, 6.45) is 4.41. The molecule has 0 aromatic carbocycles. The lowest BCUT2D eigenvalue weighted by molar-refractivity contribution is -0.153. The van der Waals surface area contributed by atoms with Crippen molar-refractivity contribution < 1.29 is 19.2 Å². The molecule has 0 aromatic rings. The Morgan fingerprint density at radius 3 is 2.29 bits per heavy atom. The van der Waals surface area contributed by atoms with Crippen molar-refractivity contribution in [3.63, 3.8) is 0 Å². The van der Waals surface area contributed by atoms with Crippen molar-refractivity contribution in [2.24, 2.45) is 5.41 Å². The smallest absolute Gasteiger partial charge is 0.331 e. The number of carbonyl (C=O) groups is 4. The molecule has 3 fully saturated rings. The van der Waals surface area contributed by atoms with Crippen LogP contribution >= 0.6 is 0 Å². The largest absolute Gasteiger partial charge is 0.341 e. The van der Waals surface area contributed by atoms with Crippen molar-refractivity contribution in [1.82, 2.24) is 15.1 Å². The number of nitrogens with zero attached hydrogens (tertiary/aromatic N) is 2. The first-order valence-corrected chi connectivity index (χ1v) is 7.50. The van der Waals surface area contributed by atoms with E-state index in [1.54, 1.807) is 4.90 Å². The summed E-state index contributed by atoms with van der Waals surface area (Å²) < 4.78 is 0. The number of carbonyl (C=O) groups excluding carboxylic acids is 4. The number of urea groups is 1. The number of imide groups is 2. The van der Waals surface area contributed by atoms with E-state index < -0.39 is 23.3 Å². The zero-order chi connectivity index (χ0) is 15.0. The summed E-state index contributed by atoms with van der Waals surface area (Å²) in [7, 11) is 0. The highest BCUT2D eigenvalue weighted by atomic mass is 16.2. The molecule has 3 aliphatic rings. The molecule has 21 heavy (non-hydrogen) atoms. The van der Waals surface area contributed by atoms with Crippen LogP contribution in [0.25, 0.3) is 0 Å². The third-order valence-electron chi connectivity index (χ3n) is 4.76. The molecule has 1 saturated carbocycles. The molecule has 1 spiro atoms. The molecular formula is C14H19N3O4. The van der Waals surface area contributed by atoms with Crippen LogP contribution in [0, 0.1) is 5.41 Å². The Kier molecular flexibility index (Phi) is 3.43. The van der Waals surface area contributed by atoms with E-state index in [0.29, 0.717) is 25.9 Å². The molecule has 7 nitrogen and oxygen atoms in total. The van der Waals surface area contributed by atoms with E-state index in [-0.39, 0.29) is 12.5 Å². The van der Waals surface area contributed by atoms with E-state index in [9.17, 15) is 19.2 Å². The summed E-state index contributed by atoms with van der Waals surface area (Å²) in [5.41, 5.74) is -1.13. The van der Waals surface area contributed by atoms with Crippen LogP contribution in [-0.2, 0) is 14.4 Å². The molecule has 3 rings (SSSR count). The molecule has 0 atom stereocenters. The highest BCUT2D eigenvalue weighted by Crippen LogP contribution is 2.41. The van der Waals surface area contributed by atoms with Crippen molar-refractivity contribution >= 4 is 23.8 Å². The summed E-state index contributed by atoms with van der Waals surface area (Å²) in [5, 5.41) is 2.24. The summed E-state index contributed by atoms with van der Waals surface area (Å²) in [4.78, 5) is 51.3. The van der Waals surface area contributed by atoms with Crippen molar-refractivity contribution in [3.8, 4) is 0 Å². The van der Waals surface area contributed by atoms with Crippen molar-refractivity contribution in [3.05, 3.63) is 0 Å². The fourth-order valence-corrected chi connectivity index (χ4v) is 3.50. The van der Waals surface area contributed by atoms with E-state index in [4.69, 9.17) is 0 Å². The van der Waals surface area contributed by atoms with Crippen LogP contribution in [-0.4, -0.2) is 53.2 Å². The second kappa shape index (κ2) is 5.13. The average Bonchev–Trinajstić information content (AvgIpc) is 3.12. The average molecular weight is 293 g/mol. The monoisotopic (exact) mass is 293 g/mol. The number of amides is 5. The summed E-state index contributed by atoms with van der Waals surface area (Å²) in [6, 6.07) is -0.768. The van der Waals surface area contributed by atoms with Crippen molar-refractivity contribution in [2.45, 2.75) is 38.5 Å². The van der Waals surface area contributed by atoms with E-state index in [1.165, 1.54) is 0 Å². The zero-order valence-corrected chi connectivity index (χ0v) is 11.9. The fourth-order valence-electron chi connectivity index (χ4n) is 3.50. The summed E-state index contributed by atoms with van der Waals surface area (Å²) in [6.45, 7) is 1.08. The van der Waals surface area contributed by atoms with Gasteiger partial charge in [-0.25, -0.2) is 4.79 Å². The van der Waals surface area contributed by atoms with Gasteiger partial charge in [0.25, 0.3) is 0 Å². The van der Waals surface area contributed by atoms with Gasteiger partial charge < -0.3 is 4.90 Å². The number of rotatable bonds is 2. The molecule has 2 aliphatic heterocycles. The van der Waals surface area contributed by atoms with Crippen molar-refractivity contribution in [2.75, 3.05) is 19.6 Å². The van der Waals surface area contributed by atoms with Crippen LogP contribution in [0.2, 0.25) is 0 Å². The fraction of sp³-hybridized carbons (Fsp3) is 0.714. The molecule has 2 heterocycles. The molecule has 1 N–H and O–H groups in total. The predicted octanol–water partition coefficient (Wildman–Crippen LogP) is 0.248. The maximum absolute atomic E-state index is 12.6. The molecule has 0 radical (unpaired) electrons. The molecule has 7 heteroatoms. The maximum Gasteiger partial charge on any atom is 0.331 e. The minimum absolute atomic E-state index is 0.224. The molecule has 0 bridgehead atoms. The lowest BCUT2D eigenvalue weighted by Crippen LogP contribution is -2.64. The van der Waals surface area contributed by atoms with Crippen molar-refractivity contribution in [1.29, 1.82) is 0 Å².